The zero-order chi connectivity index (χ0) is 29.0. The summed E-state index contributed by atoms with van der Waals surface area (Å²) in [6.07, 6.45) is 0. The van der Waals surface area contributed by atoms with Gasteiger partial charge < -0.3 is 9.13 Å². The second-order valence-corrected chi connectivity index (χ2v) is 11.4. The first kappa shape index (κ1) is 24.7. The van der Waals surface area contributed by atoms with E-state index in [0.717, 1.165) is 0 Å². The molecule has 0 saturated heterocycles. The minimum atomic E-state index is 1.18. The fourth-order valence-corrected chi connectivity index (χ4v) is 6.98. The molecule has 7 aromatic carbocycles. The molecule has 9 rings (SSSR count). The summed E-state index contributed by atoms with van der Waals surface area (Å²) in [5.41, 5.74) is 12.1. The highest BCUT2D eigenvalue weighted by molar-refractivity contribution is 6.12. The molecule has 206 valence electrons. The van der Waals surface area contributed by atoms with Crippen LogP contribution < -0.4 is 0 Å². The molecular weight excluding hydrogens is 532 g/mol. The van der Waals surface area contributed by atoms with Crippen LogP contribution in [-0.2, 0) is 0 Å². The summed E-state index contributed by atoms with van der Waals surface area (Å²) < 4.78 is 4.74. The number of nitrogens with zero attached hydrogens (tertiary/aromatic N) is 2. The largest absolute Gasteiger partial charge is 0.309 e. The lowest BCUT2D eigenvalue weighted by atomic mass is 9.93. The van der Waals surface area contributed by atoms with Crippen LogP contribution in [0.15, 0.2) is 170 Å². The van der Waals surface area contributed by atoms with Gasteiger partial charge in [-0.25, -0.2) is 0 Å². The van der Waals surface area contributed by atoms with Crippen LogP contribution >= 0.6 is 0 Å². The van der Waals surface area contributed by atoms with Crippen molar-refractivity contribution in [1.29, 1.82) is 0 Å². The van der Waals surface area contributed by atoms with Crippen LogP contribution in [0.4, 0.5) is 0 Å². The number of hydrogen-bond acceptors (Lipinski definition) is 0. The van der Waals surface area contributed by atoms with E-state index < -0.39 is 0 Å². The highest BCUT2D eigenvalue weighted by Gasteiger charge is 2.16. The minimum Gasteiger partial charge on any atom is -0.309 e. The Hall–Kier alpha value is -5.86. The molecule has 0 aliphatic carbocycles. The number of hydrogen-bond donors (Lipinski definition) is 0. The smallest absolute Gasteiger partial charge is 0.0541 e. The lowest BCUT2D eigenvalue weighted by Gasteiger charge is -2.12. The van der Waals surface area contributed by atoms with Gasteiger partial charge in [-0.2, -0.15) is 0 Å². The summed E-state index contributed by atoms with van der Waals surface area (Å²) in [7, 11) is 0. The molecule has 0 N–H and O–H groups in total. The summed E-state index contributed by atoms with van der Waals surface area (Å²) in [4.78, 5) is 0. The van der Waals surface area contributed by atoms with E-state index >= 15 is 0 Å². The number of para-hydroxylation sites is 4. The molecule has 2 heteroatoms. The van der Waals surface area contributed by atoms with Crippen LogP contribution in [0.3, 0.4) is 0 Å². The van der Waals surface area contributed by atoms with Crippen molar-refractivity contribution in [2.24, 2.45) is 0 Å². The number of aromatic nitrogens is 2. The molecular formula is C42H28N2. The van der Waals surface area contributed by atoms with Gasteiger partial charge in [0.1, 0.15) is 0 Å². The van der Waals surface area contributed by atoms with E-state index in [9.17, 15) is 0 Å². The molecule has 0 fully saturated rings. The summed E-state index contributed by atoms with van der Waals surface area (Å²) in [5.74, 6) is 0. The standard InChI is InChI=1S/C42H28N2/c1-3-13-31(14-4-1)43-39-21-11-9-19-35(39)37-27-29(23-25-41(37)43)33-17-7-8-18-34(33)30-24-26-42-38(28-30)36-20-10-12-22-40(36)44(42)32-15-5-2-6-16-32/h1-28H. The first-order chi connectivity index (χ1) is 21.8. The molecule has 0 spiro atoms. The van der Waals surface area contributed by atoms with Crippen molar-refractivity contribution in [3.63, 3.8) is 0 Å². The van der Waals surface area contributed by atoms with Gasteiger partial charge in [-0.1, -0.05) is 109 Å². The van der Waals surface area contributed by atoms with E-state index in [1.165, 1.54) is 77.2 Å². The maximum Gasteiger partial charge on any atom is 0.0541 e. The molecule has 0 radical (unpaired) electrons. The second kappa shape index (κ2) is 9.86. The van der Waals surface area contributed by atoms with E-state index in [1.807, 2.05) is 0 Å². The fraction of sp³-hybridized carbons (Fsp3) is 0. The summed E-state index contributed by atoms with van der Waals surface area (Å²) in [6, 6.07) is 61.4. The number of benzene rings is 7. The molecule has 44 heavy (non-hydrogen) atoms. The van der Waals surface area contributed by atoms with E-state index in [-0.39, 0.29) is 0 Å². The third-order valence-corrected chi connectivity index (χ3v) is 8.92. The second-order valence-electron chi connectivity index (χ2n) is 11.4. The Morgan fingerprint density at radius 2 is 0.636 bits per heavy atom. The molecule has 2 heterocycles. The Morgan fingerprint density at radius 1 is 0.273 bits per heavy atom. The first-order valence-electron chi connectivity index (χ1n) is 15.1. The fourth-order valence-electron chi connectivity index (χ4n) is 6.98. The van der Waals surface area contributed by atoms with E-state index in [2.05, 4.69) is 179 Å². The molecule has 0 atom stereocenters. The van der Waals surface area contributed by atoms with Crippen LogP contribution in [0.1, 0.15) is 0 Å². The Morgan fingerprint density at radius 3 is 1.09 bits per heavy atom. The Labute approximate surface area is 255 Å². The van der Waals surface area contributed by atoms with Gasteiger partial charge in [0.15, 0.2) is 0 Å². The van der Waals surface area contributed by atoms with Crippen LogP contribution in [-0.4, -0.2) is 9.13 Å². The van der Waals surface area contributed by atoms with Crippen molar-refractivity contribution in [2.75, 3.05) is 0 Å². The van der Waals surface area contributed by atoms with Crippen molar-refractivity contribution >= 4 is 43.6 Å². The third-order valence-electron chi connectivity index (χ3n) is 8.92. The van der Waals surface area contributed by atoms with Gasteiger partial charge in [0, 0.05) is 32.9 Å². The van der Waals surface area contributed by atoms with E-state index in [1.54, 1.807) is 0 Å². The zero-order valence-corrected chi connectivity index (χ0v) is 24.1. The molecule has 0 aliphatic rings. The molecule has 0 aliphatic heterocycles. The molecule has 0 amide bonds. The highest BCUT2D eigenvalue weighted by atomic mass is 15.0. The van der Waals surface area contributed by atoms with Gasteiger partial charge in [0.05, 0.1) is 22.1 Å². The van der Waals surface area contributed by atoms with Crippen molar-refractivity contribution < 1.29 is 0 Å². The van der Waals surface area contributed by atoms with Crippen molar-refractivity contribution in [3.8, 4) is 33.6 Å². The molecule has 2 aromatic heterocycles. The molecule has 0 unspecified atom stereocenters. The predicted octanol–water partition coefficient (Wildman–Crippen LogP) is 11.2. The van der Waals surface area contributed by atoms with E-state index in [0.29, 0.717) is 0 Å². The van der Waals surface area contributed by atoms with Crippen LogP contribution in [0, 0.1) is 0 Å². The van der Waals surface area contributed by atoms with Gasteiger partial charge in [0.2, 0.25) is 0 Å². The first-order valence-corrected chi connectivity index (χ1v) is 15.1. The van der Waals surface area contributed by atoms with Crippen molar-refractivity contribution in [3.05, 3.63) is 170 Å². The summed E-state index contributed by atoms with van der Waals surface area (Å²) in [6.45, 7) is 0. The zero-order valence-electron chi connectivity index (χ0n) is 24.1. The quantitative estimate of drug-likeness (QED) is 0.203. The normalized spacial score (nSPS) is 11.6. The average molecular weight is 561 g/mol. The summed E-state index contributed by atoms with van der Waals surface area (Å²) in [5, 5.41) is 5.05. The van der Waals surface area contributed by atoms with Crippen LogP contribution in [0.25, 0.3) is 77.2 Å². The SMILES string of the molecule is c1ccc(-n2c3ccccc3c3cc(-c4ccccc4-c4ccc5c(c4)c4ccccc4n5-c4ccccc4)ccc32)cc1. The molecule has 9 aromatic rings. The summed E-state index contributed by atoms with van der Waals surface area (Å²) >= 11 is 0. The van der Waals surface area contributed by atoms with E-state index in [4.69, 9.17) is 0 Å². The average Bonchev–Trinajstić information content (AvgIpc) is 3.61. The van der Waals surface area contributed by atoms with Crippen molar-refractivity contribution in [1.82, 2.24) is 9.13 Å². The highest BCUT2D eigenvalue weighted by Crippen LogP contribution is 2.40. The topological polar surface area (TPSA) is 9.86 Å². The lowest BCUT2D eigenvalue weighted by molar-refractivity contribution is 1.18. The molecule has 0 saturated carbocycles. The molecule has 2 nitrogen and oxygen atoms in total. The Balaban J connectivity index is 1.24. The Bertz CT molecular complexity index is 2300. The molecule has 0 bridgehead atoms. The maximum atomic E-state index is 2.37. The van der Waals surface area contributed by atoms with Crippen LogP contribution in [0.5, 0.6) is 0 Å². The number of rotatable bonds is 4. The maximum absolute atomic E-state index is 2.37. The van der Waals surface area contributed by atoms with Gasteiger partial charge in [-0.05, 0) is 82.9 Å². The van der Waals surface area contributed by atoms with Crippen LogP contribution in [0.2, 0.25) is 0 Å². The van der Waals surface area contributed by atoms with Gasteiger partial charge in [-0.3, -0.25) is 0 Å². The third kappa shape index (κ3) is 3.75. The van der Waals surface area contributed by atoms with Gasteiger partial charge in [-0.15, -0.1) is 0 Å². The van der Waals surface area contributed by atoms with Gasteiger partial charge in [0.25, 0.3) is 0 Å². The lowest BCUT2D eigenvalue weighted by Crippen LogP contribution is -1.93. The minimum absolute atomic E-state index is 1.18. The van der Waals surface area contributed by atoms with Crippen molar-refractivity contribution in [2.45, 2.75) is 0 Å². The monoisotopic (exact) mass is 560 g/mol. The number of fused-ring (bicyclic) bond motifs is 6. The predicted molar refractivity (Wildman–Crippen MR) is 186 cm³/mol. The van der Waals surface area contributed by atoms with Gasteiger partial charge >= 0.3 is 0 Å². The Kier molecular flexibility index (Phi) is 5.54.